The summed E-state index contributed by atoms with van der Waals surface area (Å²) in [6, 6.07) is -0.607. The van der Waals surface area contributed by atoms with Crippen molar-refractivity contribution in [2.45, 2.75) is 31.7 Å². The van der Waals surface area contributed by atoms with Crippen LogP contribution in [0, 0.1) is 0 Å². The smallest absolute Gasteiger partial charge is 0.295 e. The second-order valence-electron chi connectivity index (χ2n) is 5.06. The fraction of sp³-hybridized carbons (Fsp3) is 0.462. The van der Waals surface area contributed by atoms with Crippen LogP contribution in [0.1, 0.15) is 31.7 Å². The van der Waals surface area contributed by atoms with Gasteiger partial charge in [-0.3, -0.25) is 24.0 Å². The van der Waals surface area contributed by atoms with Gasteiger partial charge >= 0.3 is 5.69 Å². The minimum atomic E-state index is -0.607. The molecule has 6 nitrogen and oxygen atoms in total. The number of amides is 2. The van der Waals surface area contributed by atoms with E-state index in [-0.39, 0.29) is 18.0 Å². The normalized spacial score (nSPS) is 22.3. The van der Waals surface area contributed by atoms with Gasteiger partial charge < -0.3 is 0 Å². The molecule has 0 aromatic carbocycles. The number of nitrogens with one attached hydrogen (secondary N) is 1. The van der Waals surface area contributed by atoms with E-state index in [1.54, 1.807) is 11.6 Å². The maximum Gasteiger partial charge on any atom is 0.329 e. The van der Waals surface area contributed by atoms with Crippen molar-refractivity contribution in [1.82, 2.24) is 14.5 Å². The van der Waals surface area contributed by atoms with Crippen LogP contribution in [0.15, 0.2) is 4.79 Å². The maximum absolute atomic E-state index is 12.4. The number of aromatic nitrogens is 2. The zero-order valence-electron chi connectivity index (χ0n) is 11.0. The van der Waals surface area contributed by atoms with Gasteiger partial charge in [-0.2, -0.15) is 0 Å². The molecule has 1 unspecified atom stereocenters. The van der Waals surface area contributed by atoms with Gasteiger partial charge in [-0.1, -0.05) is 22.0 Å². The Hall–Kier alpha value is -1.63. The van der Waals surface area contributed by atoms with Crippen LogP contribution >= 0.6 is 15.9 Å². The molecule has 106 valence electrons. The van der Waals surface area contributed by atoms with Crippen LogP contribution in [0.5, 0.6) is 0 Å². The number of piperidine rings is 1. The van der Waals surface area contributed by atoms with Gasteiger partial charge in [0, 0.05) is 18.0 Å². The van der Waals surface area contributed by atoms with E-state index in [2.05, 4.69) is 21.2 Å². The molecule has 1 aromatic rings. The third-order valence-electron chi connectivity index (χ3n) is 3.81. The van der Waals surface area contributed by atoms with Gasteiger partial charge in [-0.25, -0.2) is 4.79 Å². The van der Waals surface area contributed by atoms with Crippen molar-refractivity contribution >= 4 is 38.3 Å². The van der Waals surface area contributed by atoms with Crippen molar-refractivity contribution in [3.8, 4) is 0 Å². The Labute approximate surface area is 122 Å². The molecule has 1 atom stereocenters. The highest BCUT2D eigenvalue weighted by molar-refractivity contribution is 9.14. The molecule has 1 N–H and O–H groups in total. The van der Waals surface area contributed by atoms with Gasteiger partial charge in [0.25, 0.3) is 0 Å². The summed E-state index contributed by atoms with van der Waals surface area (Å²) in [5, 5.41) is 3.90. The molecule has 0 bridgehead atoms. The lowest BCUT2D eigenvalue weighted by atomic mass is 10.1. The van der Waals surface area contributed by atoms with E-state index in [9.17, 15) is 14.4 Å². The Morgan fingerprint density at radius 2 is 2.05 bits per heavy atom. The first kappa shape index (κ1) is 13.4. The topological polar surface area (TPSA) is 73.1 Å². The summed E-state index contributed by atoms with van der Waals surface area (Å²) in [5.74, 6) is -0.673. The van der Waals surface area contributed by atoms with Crippen LogP contribution in [-0.2, 0) is 16.6 Å². The molecule has 7 heteroatoms. The average molecular weight is 340 g/mol. The molecular weight excluding hydrogens is 326 g/mol. The summed E-state index contributed by atoms with van der Waals surface area (Å²) >= 11 is 3.50. The molecule has 0 saturated carbocycles. The van der Waals surface area contributed by atoms with Gasteiger partial charge in [0.2, 0.25) is 11.8 Å². The Kier molecular flexibility index (Phi) is 3.16. The number of carbonyl (C=O) groups excluding carboxylic acids is 2. The molecule has 2 aliphatic rings. The molecule has 0 spiro atoms. The van der Waals surface area contributed by atoms with Crippen molar-refractivity contribution in [2.75, 3.05) is 0 Å². The number of hydrogen-bond acceptors (Lipinski definition) is 3. The van der Waals surface area contributed by atoms with E-state index < -0.39 is 11.9 Å². The maximum atomic E-state index is 12.4. The first-order chi connectivity index (χ1) is 9.50. The molecular formula is C13H14BrN3O3. The van der Waals surface area contributed by atoms with E-state index in [0.717, 1.165) is 28.0 Å². The van der Waals surface area contributed by atoms with Crippen molar-refractivity contribution in [3.05, 3.63) is 21.2 Å². The number of imidazole rings is 1. The van der Waals surface area contributed by atoms with Crippen LogP contribution in [0.4, 0.5) is 0 Å². The van der Waals surface area contributed by atoms with E-state index in [1.165, 1.54) is 4.57 Å². The predicted octanol–water partition coefficient (Wildman–Crippen LogP) is -0.758. The number of hydrogen-bond donors (Lipinski definition) is 1. The lowest BCUT2D eigenvalue weighted by molar-refractivity contribution is -0.135. The Morgan fingerprint density at radius 3 is 2.75 bits per heavy atom. The summed E-state index contributed by atoms with van der Waals surface area (Å²) < 4.78 is 4.04. The van der Waals surface area contributed by atoms with Gasteiger partial charge in [0.15, 0.2) is 0 Å². The molecule has 20 heavy (non-hydrogen) atoms. The summed E-state index contributed by atoms with van der Waals surface area (Å²) in [6.07, 6.45) is 4.28. The van der Waals surface area contributed by atoms with Crippen LogP contribution < -0.4 is 21.7 Å². The minimum absolute atomic E-state index is 0.223. The van der Waals surface area contributed by atoms with Gasteiger partial charge in [-0.05, 0) is 19.3 Å². The quantitative estimate of drug-likeness (QED) is 0.684. The molecule has 1 aliphatic carbocycles. The number of fused-ring (bicyclic) bond motifs is 1. The first-order valence-corrected chi connectivity index (χ1v) is 7.30. The van der Waals surface area contributed by atoms with Crippen molar-refractivity contribution < 1.29 is 9.59 Å². The second kappa shape index (κ2) is 4.73. The van der Waals surface area contributed by atoms with Crippen molar-refractivity contribution in [1.29, 1.82) is 0 Å². The molecule has 0 radical (unpaired) electrons. The fourth-order valence-electron chi connectivity index (χ4n) is 2.85. The Balaban J connectivity index is 2.25. The van der Waals surface area contributed by atoms with Gasteiger partial charge in [0.05, 0.1) is 10.7 Å². The number of carbonyl (C=O) groups is 2. The predicted molar refractivity (Wildman–Crippen MR) is 76.4 cm³/mol. The van der Waals surface area contributed by atoms with Gasteiger partial charge in [-0.15, -0.1) is 0 Å². The summed E-state index contributed by atoms with van der Waals surface area (Å²) in [7, 11) is 1.70. The lowest BCUT2D eigenvalue weighted by Crippen LogP contribution is -2.48. The van der Waals surface area contributed by atoms with E-state index in [1.807, 2.05) is 6.08 Å². The molecule has 1 aliphatic heterocycles. The SMILES string of the molecule is Cn1c2c(n(C3CCC(=O)NC3=O)c1=O)=CCCC=2Br. The second-order valence-corrected chi connectivity index (χ2v) is 6.02. The average Bonchev–Trinajstić information content (AvgIpc) is 2.64. The third kappa shape index (κ3) is 1.88. The van der Waals surface area contributed by atoms with Crippen molar-refractivity contribution in [3.63, 3.8) is 0 Å². The summed E-state index contributed by atoms with van der Waals surface area (Å²) in [6.45, 7) is 0. The summed E-state index contributed by atoms with van der Waals surface area (Å²) in [4.78, 5) is 35.7. The molecule has 3 rings (SSSR count). The minimum Gasteiger partial charge on any atom is -0.295 e. The number of imide groups is 1. The zero-order chi connectivity index (χ0) is 14.4. The number of halogens is 1. The lowest BCUT2D eigenvalue weighted by Gasteiger charge is -2.21. The number of rotatable bonds is 1. The van der Waals surface area contributed by atoms with Crippen LogP contribution in [0.3, 0.4) is 0 Å². The largest absolute Gasteiger partial charge is 0.329 e. The molecule has 1 fully saturated rings. The third-order valence-corrected chi connectivity index (χ3v) is 4.58. The highest BCUT2D eigenvalue weighted by atomic mass is 79.9. The zero-order valence-corrected chi connectivity index (χ0v) is 12.6. The van der Waals surface area contributed by atoms with Crippen LogP contribution in [-0.4, -0.2) is 20.9 Å². The number of nitrogens with zero attached hydrogens (tertiary/aromatic N) is 2. The van der Waals surface area contributed by atoms with Gasteiger partial charge in [0.1, 0.15) is 6.04 Å². The highest BCUT2D eigenvalue weighted by Crippen LogP contribution is 2.17. The molecule has 2 amide bonds. The van der Waals surface area contributed by atoms with E-state index in [0.29, 0.717) is 6.42 Å². The molecule has 2 heterocycles. The standard InChI is InChI=1S/C13H14BrN3O3/c1-16-11-7(14)3-2-4-8(11)17(13(16)20)9-5-6-10(18)15-12(9)19/h4,9H,2-3,5-6H2,1H3,(H,15,18,19). The fourth-order valence-corrected chi connectivity index (χ4v) is 3.54. The Bertz CT molecular complexity index is 787. The van der Waals surface area contributed by atoms with E-state index >= 15 is 0 Å². The van der Waals surface area contributed by atoms with Crippen LogP contribution in [0.2, 0.25) is 0 Å². The van der Waals surface area contributed by atoms with E-state index in [4.69, 9.17) is 0 Å². The van der Waals surface area contributed by atoms with Crippen LogP contribution in [0.25, 0.3) is 10.6 Å². The molecule has 1 saturated heterocycles. The molecule has 1 aromatic heterocycles. The van der Waals surface area contributed by atoms with Crippen molar-refractivity contribution in [2.24, 2.45) is 7.05 Å². The highest BCUT2D eigenvalue weighted by Gasteiger charge is 2.31. The summed E-state index contributed by atoms with van der Waals surface area (Å²) in [5.41, 5.74) is -0.223. The Morgan fingerprint density at radius 1 is 1.30 bits per heavy atom. The first-order valence-electron chi connectivity index (χ1n) is 6.50. The monoisotopic (exact) mass is 339 g/mol.